The lowest BCUT2D eigenvalue weighted by Crippen LogP contribution is -2.09. The van der Waals surface area contributed by atoms with Crippen molar-refractivity contribution >= 4 is 17.7 Å². The molecule has 0 amide bonds. The Kier molecular flexibility index (Phi) is 6.31. The molecule has 0 unspecified atom stereocenters. The van der Waals surface area contributed by atoms with Gasteiger partial charge in [-0.1, -0.05) is 36.4 Å². The van der Waals surface area contributed by atoms with Gasteiger partial charge in [0.05, 0.1) is 16.7 Å². The van der Waals surface area contributed by atoms with Gasteiger partial charge in [0.25, 0.3) is 0 Å². The molecular weight excluding hydrogens is 492 g/mol. The highest BCUT2D eigenvalue weighted by molar-refractivity contribution is 6.19. The summed E-state index contributed by atoms with van der Waals surface area (Å²) in [6.45, 7) is 0. The molecular formula is C23H13F6N5O2. The van der Waals surface area contributed by atoms with Crippen LogP contribution in [0, 0.1) is 0 Å². The number of alkyl halides is 6. The van der Waals surface area contributed by atoms with Crippen LogP contribution in [-0.4, -0.2) is 35.8 Å². The van der Waals surface area contributed by atoms with E-state index in [9.17, 15) is 36.2 Å². The molecule has 2 heterocycles. The van der Waals surface area contributed by atoms with E-state index < -0.39 is 57.8 Å². The van der Waals surface area contributed by atoms with Gasteiger partial charge in [0, 0.05) is 35.3 Å². The van der Waals surface area contributed by atoms with Crippen molar-refractivity contribution in [2.24, 2.45) is 0 Å². The lowest BCUT2D eigenvalue weighted by Gasteiger charge is -2.12. The summed E-state index contributed by atoms with van der Waals surface area (Å²) < 4.78 is 82.7. The van der Waals surface area contributed by atoms with E-state index in [2.05, 4.69) is 20.1 Å². The third-order valence-corrected chi connectivity index (χ3v) is 4.93. The van der Waals surface area contributed by atoms with E-state index in [1.807, 2.05) is 0 Å². The molecule has 4 aromatic rings. The van der Waals surface area contributed by atoms with E-state index in [1.54, 1.807) is 0 Å². The molecule has 0 aliphatic carbocycles. The molecule has 1 N–H and O–H groups in total. The van der Waals surface area contributed by atoms with Gasteiger partial charge < -0.3 is 5.11 Å². The van der Waals surface area contributed by atoms with E-state index in [-0.39, 0.29) is 5.56 Å². The van der Waals surface area contributed by atoms with Gasteiger partial charge in [-0.15, -0.1) is 5.10 Å². The van der Waals surface area contributed by atoms with Gasteiger partial charge in [0.15, 0.2) is 11.6 Å². The SMILES string of the molecule is O=C(O)C(=Cn1nc(-c2ccccc2C(F)(F)F)nc1-c1ccccc1C(F)(F)F)c1cncnc1. The number of carbonyl (C=O) groups is 1. The van der Waals surface area contributed by atoms with E-state index >= 15 is 0 Å². The second-order valence-electron chi connectivity index (χ2n) is 7.27. The number of carboxylic acids is 1. The fourth-order valence-electron chi connectivity index (χ4n) is 3.38. The van der Waals surface area contributed by atoms with Crippen molar-refractivity contribution in [3.05, 3.63) is 83.9 Å². The summed E-state index contributed by atoms with van der Waals surface area (Å²) in [6.07, 6.45) is -5.38. The zero-order valence-corrected chi connectivity index (χ0v) is 17.8. The van der Waals surface area contributed by atoms with Gasteiger partial charge in [-0.05, 0) is 12.1 Å². The fraction of sp³-hybridized carbons (Fsp3) is 0.0870. The summed E-state index contributed by atoms with van der Waals surface area (Å²) >= 11 is 0. The fourth-order valence-corrected chi connectivity index (χ4v) is 3.38. The van der Waals surface area contributed by atoms with Gasteiger partial charge in [-0.3, -0.25) is 0 Å². The molecule has 36 heavy (non-hydrogen) atoms. The monoisotopic (exact) mass is 505 g/mol. The number of nitrogens with zero attached hydrogens (tertiary/aromatic N) is 5. The minimum Gasteiger partial charge on any atom is -0.478 e. The van der Waals surface area contributed by atoms with E-state index in [0.717, 1.165) is 61.3 Å². The second-order valence-corrected chi connectivity index (χ2v) is 7.27. The zero-order chi connectivity index (χ0) is 26.1. The summed E-state index contributed by atoms with van der Waals surface area (Å²) in [5.74, 6) is -2.58. The minimum absolute atomic E-state index is 0.0206. The van der Waals surface area contributed by atoms with Crippen LogP contribution in [0.1, 0.15) is 16.7 Å². The molecule has 0 saturated carbocycles. The Morgan fingerprint density at radius 1 is 0.833 bits per heavy atom. The Balaban J connectivity index is 2.02. The highest BCUT2D eigenvalue weighted by Gasteiger charge is 2.37. The van der Waals surface area contributed by atoms with E-state index in [1.165, 1.54) is 12.1 Å². The van der Waals surface area contributed by atoms with Crippen molar-refractivity contribution in [1.82, 2.24) is 24.7 Å². The summed E-state index contributed by atoms with van der Waals surface area (Å²) in [5.41, 5.74) is -3.77. The molecule has 13 heteroatoms. The van der Waals surface area contributed by atoms with Crippen LogP contribution in [0.5, 0.6) is 0 Å². The Hall–Kier alpha value is -4.55. The van der Waals surface area contributed by atoms with Crippen molar-refractivity contribution < 1.29 is 36.2 Å². The lowest BCUT2D eigenvalue weighted by molar-refractivity contribution is -0.137. The first-order chi connectivity index (χ1) is 17.0. The maximum Gasteiger partial charge on any atom is 0.417 e. The summed E-state index contributed by atoms with van der Waals surface area (Å²) in [4.78, 5) is 23.3. The van der Waals surface area contributed by atoms with Crippen molar-refractivity contribution in [3.63, 3.8) is 0 Å². The minimum atomic E-state index is -4.84. The molecule has 0 saturated heterocycles. The van der Waals surface area contributed by atoms with Gasteiger partial charge in [-0.25, -0.2) is 24.4 Å². The summed E-state index contributed by atoms with van der Waals surface area (Å²) in [7, 11) is 0. The number of benzene rings is 2. The number of hydrogen-bond donors (Lipinski definition) is 1. The molecule has 2 aromatic carbocycles. The molecule has 2 aromatic heterocycles. The maximum absolute atomic E-state index is 13.7. The average molecular weight is 505 g/mol. The Bertz CT molecular complexity index is 1450. The van der Waals surface area contributed by atoms with Crippen LogP contribution in [0.15, 0.2) is 67.3 Å². The van der Waals surface area contributed by atoms with Gasteiger partial charge in [0.1, 0.15) is 6.33 Å². The molecule has 4 rings (SSSR count). The van der Waals surface area contributed by atoms with Gasteiger partial charge in [-0.2, -0.15) is 26.3 Å². The number of hydrogen-bond acceptors (Lipinski definition) is 5. The number of halogens is 6. The number of rotatable bonds is 5. The normalized spacial score (nSPS) is 12.6. The maximum atomic E-state index is 13.7. The van der Waals surface area contributed by atoms with Crippen LogP contribution in [0.3, 0.4) is 0 Å². The quantitative estimate of drug-likeness (QED) is 0.284. The standard InChI is InChI=1S/C23H13F6N5O2/c24-22(25,26)17-7-3-1-5-14(17)19-32-20(15-6-2-4-8-18(15)23(27,28)29)34(33-19)11-16(21(35)36)13-9-30-12-31-10-13/h1-12H,(H,35,36). The van der Waals surface area contributed by atoms with Crippen molar-refractivity contribution in [3.8, 4) is 22.8 Å². The lowest BCUT2D eigenvalue weighted by atomic mass is 10.1. The Labute approximate surface area is 198 Å². The van der Waals surface area contributed by atoms with Crippen LogP contribution in [0.2, 0.25) is 0 Å². The molecule has 184 valence electrons. The van der Waals surface area contributed by atoms with Crippen LogP contribution in [0.25, 0.3) is 34.5 Å². The van der Waals surface area contributed by atoms with Crippen LogP contribution >= 0.6 is 0 Å². The highest BCUT2D eigenvalue weighted by atomic mass is 19.4. The third kappa shape index (κ3) is 4.94. The number of aliphatic carboxylic acids is 1. The first-order valence-electron chi connectivity index (χ1n) is 9.97. The summed E-state index contributed by atoms with van der Waals surface area (Å²) in [5, 5.41) is 13.7. The van der Waals surface area contributed by atoms with Crippen molar-refractivity contribution in [1.29, 1.82) is 0 Å². The molecule has 0 fully saturated rings. The van der Waals surface area contributed by atoms with E-state index in [4.69, 9.17) is 0 Å². The van der Waals surface area contributed by atoms with E-state index in [0.29, 0.717) is 4.68 Å². The van der Waals surface area contributed by atoms with Crippen LogP contribution in [-0.2, 0) is 17.1 Å². The predicted octanol–water partition coefficient (Wildman–Crippen LogP) is 5.52. The van der Waals surface area contributed by atoms with Crippen LogP contribution < -0.4 is 0 Å². The second kappa shape index (κ2) is 9.24. The highest BCUT2D eigenvalue weighted by Crippen LogP contribution is 2.39. The molecule has 0 aliphatic rings. The molecule has 0 atom stereocenters. The number of aromatic nitrogens is 5. The first kappa shape index (κ1) is 24.6. The Morgan fingerprint density at radius 2 is 1.36 bits per heavy atom. The van der Waals surface area contributed by atoms with Gasteiger partial charge in [0.2, 0.25) is 0 Å². The van der Waals surface area contributed by atoms with Crippen molar-refractivity contribution in [2.45, 2.75) is 12.4 Å². The molecule has 0 radical (unpaired) electrons. The zero-order valence-electron chi connectivity index (χ0n) is 17.8. The smallest absolute Gasteiger partial charge is 0.417 e. The van der Waals surface area contributed by atoms with Crippen LogP contribution in [0.4, 0.5) is 26.3 Å². The molecule has 7 nitrogen and oxygen atoms in total. The van der Waals surface area contributed by atoms with Gasteiger partial charge >= 0.3 is 18.3 Å². The predicted molar refractivity (Wildman–Crippen MR) is 115 cm³/mol. The largest absolute Gasteiger partial charge is 0.478 e. The summed E-state index contributed by atoms with van der Waals surface area (Å²) in [6, 6.07) is 8.50. The third-order valence-electron chi connectivity index (χ3n) is 4.93. The topological polar surface area (TPSA) is 93.8 Å². The molecule has 0 bridgehead atoms. The molecule has 0 spiro atoms. The first-order valence-corrected chi connectivity index (χ1v) is 9.97. The average Bonchev–Trinajstić information content (AvgIpc) is 3.25. The molecule has 0 aliphatic heterocycles. The number of carboxylic acid groups (broad SMARTS) is 1. The Morgan fingerprint density at radius 3 is 1.92 bits per heavy atom. The van der Waals surface area contributed by atoms with Crippen molar-refractivity contribution in [2.75, 3.05) is 0 Å².